The van der Waals surface area contributed by atoms with Gasteiger partial charge in [-0.1, -0.05) is 0 Å². The summed E-state index contributed by atoms with van der Waals surface area (Å²) in [7, 11) is 0. The zero-order valence-electron chi connectivity index (χ0n) is 8.99. The number of H-pyrrole nitrogens is 1. The fourth-order valence-electron chi connectivity index (χ4n) is 1.48. The Bertz CT molecular complexity index is 670. The van der Waals surface area contributed by atoms with Crippen LogP contribution in [-0.2, 0) is 0 Å². The summed E-state index contributed by atoms with van der Waals surface area (Å²) in [6.45, 7) is 1.63. The van der Waals surface area contributed by atoms with Gasteiger partial charge in [-0.2, -0.15) is 10.2 Å². The number of nitriles is 1. The lowest BCUT2D eigenvalue weighted by Crippen LogP contribution is -2.12. The third-order valence-electron chi connectivity index (χ3n) is 2.33. The molecule has 0 aliphatic heterocycles. The Morgan fingerprint density at radius 3 is 2.82 bits per heavy atom. The van der Waals surface area contributed by atoms with Gasteiger partial charge < -0.3 is 4.98 Å². The van der Waals surface area contributed by atoms with Crippen molar-refractivity contribution in [3.63, 3.8) is 0 Å². The maximum Gasteiger partial charge on any atom is 0.346 e. The van der Waals surface area contributed by atoms with Crippen molar-refractivity contribution in [2.75, 3.05) is 0 Å². The van der Waals surface area contributed by atoms with Crippen LogP contribution >= 0.6 is 0 Å². The maximum atomic E-state index is 13.1. The fourth-order valence-corrected chi connectivity index (χ4v) is 1.48. The molecule has 0 atom stereocenters. The number of aromatic amines is 1. The first kappa shape index (κ1) is 11.0. The first-order chi connectivity index (χ1) is 8.10. The first-order valence-corrected chi connectivity index (χ1v) is 4.88. The van der Waals surface area contributed by atoms with Gasteiger partial charge in [-0.15, -0.1) is 0 Å². The van der Waals surface area contributed by atoms with Gasteiger partial charge >= 0.3 is 5.69 Å². The van der Waals surface area contributed by atoms with Crippen LogP contribution in [0, 0.1) is 24.1 Å². The molecule has 0 fully saturated rings. The van der Waals surface area contributed by atoms with E-state index in [-0.39, 0.29) is 11.5 Å². The van der Waals surface area contributed by atoms with Gasteiger partial charge in [-0.05, 0) is 42.3 Å². The Balaban J connectivity index is 2.61. The minimum absolute atomic E-state index is 0.0331. The van der Waals surface area contributed by atoms with E-state index in [1.54, 1.807) is 19.1 Å². The van der Waals surface area contributed by atoms with Crippen LogP contribution in [0.2, 0.25) is 0 Å². The smallest absolute Gasteiger partial charge is 0.305 e. The molecule has 84 valence electrons. The van der Waals surface area contributed by atoms with Gasteiger partial charge in [0.05, 0.1) is 5.69 Å². The Kier molecular flexibility index (Phi) is 2.71. The Labute approximate surface area is 96.4 Å². The highest BCUT2D eigenvalue weighted by Gasteiger charge is 2.05. The molecular formula is C12H8FN3O. The number of benzene rings is 1. The second-order valence-corrected chi connectivity index (χ2v) is 3.56. The van der Waals surface area contributed by atoms with Crippen LogP contribution in [-0.4, -0.2) is 9.97 Å². The van der Waals surface area contributed by atoms with Crippen molar-refractivity contribution in [3.8, 4) is 17.3 Å². The zero-order chi connectivity index (χ0) is 12.4. The molecule has 2 rings (SSSR count). The average Bonchev–Trinajstić information content (AvgIpc) is 2.32. The molecule has 0 aliphatic rings. The Hall–Kier alpha value is -2.48. The van der Waals surface area contributed by atoms with E-state index in [9.17, 15) is 9.18 Å². The molecule has 0 unspecified atom stereocenters. The minimum atomic E-state index is -0.596. The lowest BCUT2D eigenvalue weighted by Gasteiger charge is -2.03. The SMILES string of the molecule is Cc1cc(-c2cc(C#N)nc(=O)[nH]2)ccc1F. The maximum absolute atomic E-state index is 13.1. The molecule has 0 aliphatic carbocycles. The van der Waals surface area contributed by atoms with Crippen LogP contribution in [0.3, 0.4) is 0 Å². The summed E-state index contributed by atoms with van der Waals surface area (Å²) in [5.41, 5.74) is 0.995. The summed E-state index contributed by atoms with van der Waals surface area (Å²) in [5.74, 6) is -0.314. The normalized spacial score (nSPS) is 9.94. The fraction of sp³-hybridized carbons (Fsp3) is 0.0833. The van der Waals surface area contributed by atoms with Crippen molar-refractivity contribution in [1.29, 1.82) is 5.26 Å². The molecule has 0 radical (unpaired) electrons. The molecule has 0 saturated carbocycles. The van der Waals surface area contributed by atoms with E-state index in [4.69, 9.17) is 5.26 Å². The van der Waals surface area contributed by atoms with E-state index >= 15 is 0 Å². The number of rotatable bonds is 1. The number of nitrogens with one attached hydrogen (secondary N) is 1. The van der Waals surface area contributed by atoms with E-state index in [1.165, 1.54) is 18.2 Å². The highest BCUT2D eigenvalue weighted by Crippen LogP contribution is 2.19. The van der Waals surface area contributed by atoms with Gasteiger partial charge in [-0.25, -0.2) is 9.18 Å². The molecule has 1 aromatic heterocycles. The van der Waals surface area contributed by atoms with E-state index < -0.39 is 5.69 Å². The summed E-state index contributed by atoms with van der Waals surface area (Å²) in [6, 6.07) is 7.70. The van der Waals surface area contributed by atoms with Gasteiger partial charge in [0.25, 0.3) is 0 Å². The number of aromatic nitrogens is 2. The van der Waals surface area contributed by atoms with Crippen LogP contribution in [0.4, 0.5) is 4.39 Å². The van der Waals surface area contributed by atoms with Crippen molar-refractivity contribution in [2.45, 2.75) is 6.92 Å². The van der Waals surface area contributed by atoms with Crippen molar-refractivity contribution >= 4 is 0 Å². The van der Waals surface area contributed by atoms with Crippen molar-refractivity contribution < 1.29 is 4.39 Å². The molecule has 17 heavy (non-hydrogen) atoms. The molecule has 0 saturated heterocycles. The third-order valence-corrected chi connectivity index (χ3v) is 2.33. The van der Waals surface area contributed by atoms with Crippen molar-refractivity contribution in [2.24, 2.45) is 0 Å². The van der Waals surface area contributed by atoms with E-state index in [0.717, 1.165) is 0 Å². The van der Waals surface area contributed by atoms with Crippen LogP contribution in [0.25, 0.3) is 11.3 Å². The average molecular weight is 229 g/mol. The molecular weight excluding hydrogens is 221 g/mol. The summed E-state index contributed by atoms with van der Waals surface area (Å²) < 4.78 is 13.1. The lowest BCUT2D eigenvalue weighted by molar-refractivity contribution is 0.619. The second-order valence-electron chi connectivity index (χ2n) is 3.56. The number of halogens is 1. The van der Waals surface area contributed by atoms with Gasteiger partial charge in [-0.3, -0.25) is 0 Å². The van der Waals surface area contributed by atoms with Crippen LogP contribution < -0.4 is 5.69 Å². The number of nitrogens with zero attached hydrogens (tertiary/aromatic N) is 2. The van der Waals surface area contributed by atoms with E-state index in [1.807, 2.05) is 0 Å². The molecule has 0 spiro atoms. The Morgan fingerprint density at radius 2 is 2.18 bits per heavy atom. The highest BCUT2D eigenvalue weighted by molar-refractivity contribution is 5.60. The molecule has 5 heteroatoms. The molecule has 1 N–H and O–H groups in total. The summed E-state index contributed by atoms with van der Waals surface area (Å²) >= 11 is 0. The molecule has 2 aromatic rings. The summed E-state index contributed by atoms with van der Waals surface area (Å²) in [5, 5.41) is 8.71. The summed E-state index contributed by atoms with van der Waals surface area (Å²) in [6.07, 6.45) is 0. The van der Waals surface area contributed by atoms with E-state index in [2.05, 4.69) is 9.97 Å². The largest absolute Gasteiger partial charge is 0.346 e. The second kappa shape index (κ2) is 4.18. The predicted molar refractivity (Wildman–Crippen MR) is 59.7 cm³/mol. The summed E-state index contributed by atoms with van der Waals surface area (Å²) in [4.78, 5) is 17.2. The lowest BCUT2D eigenvalue weighted by atomic mass is 10.1. The molecule has 1 heterocycles. The zero-order valence-corrected chi connectivity index (χ0v) is 8.99. The number of hydrogen-bond donors (Lipinski definition) is 1. The predicted octanol–water partition coefficient (Wildman–Crippen LogP) is 1.76. The molecule has 4 nitrogen and oxygen atoms in total. The monoisotopic (exact) mass is 229 g/mol. The van der Waals surface area contributed by atoms with Crippen LogP contribution in [0.1, 0.15) is 11.3 Å². The third kappa shape index (κ3) is 2.21. The topological polar surface area (TPSA) is 69.5 Å². The first-order valence-electron chi connectivity index (χ1n) is 4.88. The molecule has 1 aromatic carbocycles. The van der Waals surface area contributed by atoms with Crippen molar-refractivity contribution in [1.82, 2.24) is 9.97 Å². The molecule has 0 bridgehead atoms. The quantitative estimate of drug-likeness (QED) is 0.809. The number of hydrogen-bond acceptors (Lipinski definition) is 3. The van der Waals surface area contributed by atoms with E-state index in [0.29, 0.717) is 16.8 Å². The number of aryl methyl sites for hydroxylation is 1. The van der Waals surface area contributed by atoms with Gasteiger partial charge in [0.2, 0.25) is 0 Å². The van der Waals surface area contributed by atoms with Crippen molar-refractivity contribution in [3.05, 3.63) is 51.8 Å². The molecule has 0 amide bonds. The standard InChI is InChI=1S/C12H8FN3O/c1-7-4-8(2-3-10(7)13)11-5-9(6-14)15-12(17)16-11/h2-5H,1H3,(H,15,16,17). The van der Waals surface area contributed by atoms with Crippen LogP contribution in [0.5, 0.6) is 0 Å². The van der Waals surface area contributed by atoms with Gasteiger partial charge in [0, 0.05) is 0 Å². The Morgan fingerprint density at radius 1 is 1.41 bits per heavy atom. The minimum Gasteiger partial charge on any atom is -0.305 e. The van der Waals surface area contributed by atoms with Gasteiger partial charge in [0.15, 0.2) is 0 Å². The van der Waals surface area contributed by atoms with Crippen LogP contribution in [0.15, 0.2) is 29.1 Å². The van der Waals surface area contributed by atoms with Gasteiger partial charge in [0.1, 0.15) is 17.6 Å². The highest BCUT2D eigenvalue weighted by atomic mass is 19.1.